The lowest BCUT2D eigenvalue weighted by Crippen LogP contribution is -2.43. The number of hydrogen-bond donors (Lipinski definition) is 1. The van der Waals surface area contributed by atoms with Crippen LogP contribution in [0.2, 0.25) is 0 Å². The molecule has 2 saturated heterocycles. The summed E-state index contributed by atoms with van der Waals surface area (Å²) in [6, 6.07) is 4.65. The highest BCUT2D eigenvalue weighted by Gasteiger charge is 2.35. The Bertz CT molecular complexity index is 384. The lowest BCUT2D eigenvalue weighted by atomic mass is 10.1. The van der Waals surface area contributed by atoms with Crippen LogP contribution in [0.15, 0.2) is 17.5 Å². The predicted molar refractivity (Wildman–Crippen MR) is 69.0 cm³/mol. The van der Waals surface area contributed by atoms with E-state index in [0.717, 1.165) is 38.8 Å². The topological polar surface area (TPSA) is 32.3 Å². The molecule has 1 aromatic rings. The quantitative estimate of drug-likeness (QED) is 0.872. The molecular formula is C13H18N2OS. The van der Waals surface area contributed by atoms with Gasteiger partial charge in [0.1, 0.15) is 0 Å². The van der Waals surface area contributed by atoms with E-state index in [9.17, 15) is 4.79 Å². The van der Waals surface area contributed by atoms with E-state index in [2.05, 4.69) is 27.7 Å². The zero-order chi connectivity index (χ0) is 11.7. The molecule has 92 valence electrons. The summed E-state index contributed by atoms with van der Waals surface area (Å²) in [6.45, 7) is 1.92. The molecule has 0 bridgehead atoms. The van der Waals surface area contributed by atoms with E-state index in [1.54, 1.807) is 11.3 Å². The Balaban J connectivity index is 1.75. The molecule has 3 heterocycles. The molecule has 1 aromatic heterocycles. The molecule has 1 unspecified atom stereocenters. The van der Waals surface area contributed by atoms with Gasteiger partial charge in [-0.2, -0.15) is 0 Å². The van der Waals surface area contributed by atoms with Crippen molar-refractivity contribution in [1.82, 2.24) is 10.2 Å². The number of carbonyl (C=O) groups is 1. The molecular weight excluding hydrogens is 232 g/mol. The van der Waals surface area contributed by atoms with Crippen LogP contribution in [0.3, 0.4) is 0 Å². The maximum Gasteiger partial charge on any atom is 0.240 e. The molecule has 3 nitrogen and oxygen atoms in total. The number of carbonyl (C=O) groups excluding carboxylic acids is 1. The third-order valence-electron chi connectivity index (χ3n) is 3.77. The molecule has 0 saturated carbocycles. The Morgan fingerprint density at radius 2 is 2.35 bits per heavy atom. The SMILES string of the molecule is O=C([C@H]1CCCN1)N1CCCC1c1cccs1. The van der Waals surface area contributed by atoms with Crippen molar-refractivity contribution in [1.29, 1.82) is 0 Å². The second-order valence-electron chi connectivity index (χ2n) is 4.85. The third-order valence-corrected chi connectivity index (χ3v) is 4.74. The van der Waals surface area contributed by atoms with Gasteiger partial charge in [-0.25, -0.2) is 0 Å². The molecule has 17 heavy (non-hydrogen) atoms. The number of rotatable bonds is 2. The normalized spacial score (nSPS) is 28.8. The van der Waals surface area contributed by atoms with Crippen LogP contribution < -0.4 is 5.32 Å². The van der Waals surface area contributed by atoms with Crippen molar-refractivity contribution in [3.05, 3.63) is 22.4 Å². The van der Waals surface area contributed by atoms with Crippen LogP contribution in [0.1, 0.15) is 36.6 Å². The highest BCUT2D eigenvalue weighted by molar-refractivity contribution is 7.10. The Morgan fingerprint density at radius 1 is 1.41 bits per heavy atom. The molecule has 2 fully saturated rings. The van der Waals surface area contributed by atoms with Crippen LogP contribution in [0.4, 0.5) is 0 Å². The zero-order valence-corrected chi connectivity index (χ0v) is 10.7. The van der Waals surface area contributed by atoms with Crippen molar-refractivity contribution < 1.29 is 4.79 Å². The van der Waals surface area contributed by atoms with E-state index in [-0.39, 0.29) is 6.04 Å². The molecule has 2 aliphatic heterocycles. The van der Waals surface area contributed by atoms with Gasteiger partial charge in [0.2, 0.25) is 5.91 Å². The lowest BCUT2D eigenvalue weighted by molar-refractivity contribution is -0.133. The van der Waals surface area contributed by atoms with Gasteiger partial charge in [-0.1, -0.05) is 6.07 Å². The Labute approximate surface area is 106 Å². The van der Waals surface area contributed by atoms with Gasteiger partial charge in [0.15, 0.2) is 0 Å². The molecule has 0 aromatic carbocycles. The summed E-state index contributed by atoms with van der Waals surface area (Å²) in [5.41, 5.74) is 0. The van der Waals surface area contributed by atoms with E-state index >= 15 is 0 Å². The molecule has 2 atom stereocenters. The van der Waals surface area contributed by atoms with E-state index in [1.165, 1.54) is 4.88 Å². The van der Waals surface area contributed by atoms with Crippen molar-refractivity contribution >= 4 is 17.2 Å². The molecule has 4 heteroatoms. The van der Waals surface area contributed by atoms with E-state index in [1.807, 2.05) is 0 Å². The van der Waals surface area contributed by atoms with Gasteiger partial charge in [-0.3, -0.25) is 4.79 Å². The van der Waals surface area contributed by atoms with Crippen molar-refractivity contribution in [3.63, 3.8) is 0 Å². The number of likely N-dealkylation sites (tertiary alicyclic amines) is 1. The van der Waals surface area contributed by atoms with Crippen molar-refractivity contribution in [2.24, 2.45) is 0 Å². The molecule has 2 aliphatic rings. The monoisotopic (exact) mass is 250 g/mol. The fourth-order valence-electron chi connectivity index (χ4n) is 2.90. The standard InChI is InChI=1S/C13H18N2OS/c16-13(10-4-1-7-14-10)15-8-2-5-11(15)12-6-3-9-17-12/h3,6,9-11,14H,1-2,4-5,7-8H2/t10-,11?/m1/s1. The van der Waals surface area contributed by atoms with Gasteiger partial charge >= 0.3 is 0 Å². The number of nitrogens with one attached hydrogen (secondary N) is 1. The fourth-order valence-corrected chi connectivity index (χ4v) is 3.78. The fraction of sp³-hybridized carbons (Fsp3) is 0.615. The van der Waals surface area contributed by atoms with Crippen LogP contribution in [-0.4, -0.2) is 29.9 Å². The first-order valence-electron chi connectivity index (χ1n) is 6.43. The summed E-state index contributed by atoms with van der Waals surface area (Å²) in [5, 5.41) is 5.41. The number of thiophene rings is 1. The average Bonchev–Trinajstić information content (AvgIpc) is 3.09. The number of nitrogens with zero attached hydrogens (tertiary/aromatic N) is 1. The largest absolute Gasteiger partial charge is 0.333 e. The Hall–Kier alpha value is -0.870. The number of hydrogen-bond acceptors (Lipinski definition) is 3. The van der Waals surface area contributed by atoms with Gasteiger partial charge in [-0.05, 0) is 43.7 Å². The number of amides is 1. The summed E-state index contributed by atoms with van der Waals surface area (Å²) in [7, 11) is 0. The first-order chi connectivity index (χ1) is 8.36. The van der Waals surface area contributed by atoms with Crippen molar-refractivity contribution in [2.45, 2.75) is 37.8 Å². The minimum absolute atomic E-state index is 0.0792. The smallest absolute Gasteiger partial charge is 0.240 e. The van der Waals surface area contributed by atoms with Crippen LogP contribution in [0.5, 0.6) is 0 Å². The molecule has 1 N–H and O–H groups in total. The summed E-state index contributed by atoms with van der Waals surface area (Å²) in [4.78, 5) is 15.9. The van der Waals surface area contributed by atoms with Crippen LogP contribution in [-0.2, 0) is 4.79 Å². The maximum absolute atomic E-state index is 12.4. The third kappa shape index (κ3) is 2.11. The summed E-state index contributed by atoms with van der Waals surface area (Å²) in [5.74, 6) is 0.318. The summed E-state index contributed by atoms with van der Waals surface area (Å²) >= 11 is 1.77. The van der Waals surface area contributed by atoms with Gasteiger partial charge in [0, 0.05) is 11.4 Å². The average molecular weight is 250 g/mol. The predicted octanol–water partition coefficient (Wildman–Crippen LogP) is 2.16. The van der Waals surface area contributed by atoms with Crippen LogP contribution in [0, 0.1) is 0 Å². The minimum atomic E-state index is 0.0792. The van der Waals surface area contributed by atoms with Crippen molar-refractivity contribution in [2.75, 3.05) is 13.1 Å². The second-order valence-corrected chi connectivity index (χ2v) is 5.83. The highest BCUT2D eigenvalue weighted by Crippen LogP contribution is 2.35. The molecule has 3 rings (SSSR count). The van der Waals surface area contributed by atoms with E-state index in [4.69, 9.17) is 0 Å². The van der Waals surface area contributed by atoms with Crippen LogP contribution >= 0.6 is 11.3 Å². The molecule has 0 spiro atoms. The molecule has 0 aliphatic carbocycles. The zero-order valence-electron chi connectivity index (χ0n) is 9.89. The van der Waals surface area contributed by atoms with Gasteiger partial charge in [0.25, 0.3) is 0 Å². The van der Waals surface area contributed by atoms with Gasteiger partial charge in [0.05, 0.1) is 12.1 Å². The highest BCUT2D eigenvalue weighted by atomic mass is 32.1. The molecule has 0 radical (unpaired) electrons. The van der Waals surface area contributed by atoms with Gasteiger partial charge < -0.3 is 10.2 Å². The summed E-state index contributed by atoms with van der Waals surface area (Å²) in [6.07, 6.45) is 4.40. The van der Waals surface area contributed by atoms with Gasteiger partial charge in [-0.15, -0.1) is 11.3 Å². The van der Waals surface area contributed by atoms with E-state index < -0.39 is 0 Å². The van der Waals surface area contributed by atoms with E-state index in [0.29, 0.717) is 11.9 Å². The van der Waals surface area contributed by atoms with Crippen molar-refractivity contribution in [3.8, 4) is 0 Å². The Morgan fingerprint density at radius 3 is 3.06 bits per heavy atom. The summed E-state index contributed by atoms with van der Waals surface area (Å²) < 4.78 is 0. The first kappa shape index (κ1) is 11.2. The molecule has 1 amide bonds. The Kier molecular flexibility index (Phi) is 3.16. The second kappa shape index (κ2) is 4.78. The minimum Gasteiger partial charge on any atom is -0.333 e. The lowest BCUT2D eigenvalue weighted by Gasteiger charge is -2.26. The first-order valence-corrected chi connectivity index (χ1v) is 7.31. The van der Waals surface area contributed by atoms with Crippen LogP contribution in [0.25, 0.3) is 0 Å². The maximum atomic E-state index is 12.4.